The first-order chi connectivity index (χ1) is 13.2. The third-order valence-electron chi connectivity index (χ3n) is 5.45. The molecule has 142 valence electrons. The summed E-state index contributed by atoms with van der Waals surface area (Å²) in [6.45, 7) is 5.50. The van der Waals surface area contributed by atoms with Crippen LogP contribution in [-0.2, 0) is 18.7 Å². The van der Waals surface area contributed by atoms with Crippen LogP contribution in [0.5, 0.6) is 5.75 Å². The van der Waals surface area contributed by atoms with Gasteiger partial charge < -0.3 is 14.5 Å². The molecule has 0 bridgehead atoms. The van der Waals surface area contributed by atoms with Gasteiger partial charge in [-0.3, -0.25) is 4.79 Å². The third-order valence-corrected chi connectivity index (χ3v) is 6.07. The lowest BCUT2D eigenvalue weighted by Crippen LogP contribution is -3.13. The molecule has 2 aromatic rings. The van der Waals surface area contributed by atoms with Crippen molar-refractivity contribution in [2.75, 3.05) is 39.0 Å². The van der Waals surface area contributed by atoms with Gasteiger partial charge in [0, 0.05) is 23.3 Å². The van der Waals surface area contributed by atoms with E-state index in [1.54, 1.807) is 16.7 Å². The summed E-state index contributed by atoms with van der Waals surface area (Å²) in [6.07, 6.45) is 3.11. The maximum Gasteiger partial charge on any atom is 0.254 e. The lowest BCUT2D eigenvalue weighted by Gasteiger charge is -2.32. The number of nitrogens with one attached hydrogen (secondary N) is 1. The van der Waals surface area contributed by atoms with E-state index < -0.39 is 0 Å². The molecule has 1 saturated heterocycles. The molecule has 2 heterocycles. The fourth-order valence-corrected chi connectivity index (χ4v) is 4.50. The van der Waals surface area contributed by atoms with Crippen molar-refractivity contribution in [2.24, 2.45) is 0 Å². The van der Waals surface area contributed by atoms with E-state index in [9.17, 15) is 4.79 Å². The van der Waals surface area contributed by atoms with Gasteiger partial charge >= 0.3 is 0 Å². The maximum atomic E-state index is 12.8. The van der Waals surface area contributed by atoms with E-state index in [1.807, 2.05) is 23.1 Å². The molecule has 0 unspecified atom stereocenters. The van der Waals surface area contributed by atoms with Gasteiger partial charge in [-0.1, -0.05) is 12.1 Å². The molecule has 0 saturated carbocycles. The van der Waals surface area contributed by atoms with Crippen molar-refractivity contribution in [2.45, 2.75) is 18.7 Å². The summed E-state index contributed by atoms with van der Waals surface area (Å²) in [7, 11) is 0. The molecule has 1 N–H and O–H groups in total. The van der Waals surface area contributed by atoms with Gasteiger partial charge in [-0.25, -0.2) is 0 Å². The predicted molar refractivity (Wildman–Crippen MR) is 110 cm³/mol. The molecule has 1 amide bonds. The van der Waals surface area contributed by atoms with Crippen LogP contribution < -0.4 is 9.64 Å². The van der Waals surface area contributed by atoms with Crippen LogP contribution in [0.25, 0.3) is 0 Å². The first-order valence-corrected chi connectivity index (χ1v) is 11.1. The Kier molecular flexibility index (Phi) is 5.69. The van der Waals surface area contributed by atoms with E-state index in [0.29, 0.717) is 0 Å². The van der Waals surface area contributed by atoms with Crippen molar-refractivity contribution in [1.29, 1.82) is 0 Å². The van der Waals surface area contributed by atoms with Crippen molar-refractivity contribution in [3.63, 3.8) is 0 Å². The number of amides is 1. The van der Waals surface area contributed by atoms with E-state index in [-0.39, 0.29) is 5.91 Å². The monoisotopic (exact) mass is 383 g/mol. The second kappa shape index (κ2) is 8.36. The highest BCUT2D eigenvalue weighted by Crippen LogP contribution is 2.25. The SMILES string of the molecule is CSCc1cccc(C(=O)N2CC[NH+](Cc3ccc4c(c3)CCO4)CC2)c1. The highest BCUT2D eigenvalue weighted by molar-refractivity contribution is 7.97. The molecule has 0 spiro atoms. The lowest BCUT2D eigenvalue weighted by atomic mass is 10.1. The van der Waals surface area contributed by atoms with Crippen molar-refractivity contribution < 1.29 is 14.4 Å². The van der Waals surface area contributed by atoms with Crippen LogP contribution in [0.15, 0.2) is 42.5 Å². The molecule has 0 aliphatic carbocycles. The number of quaternary nitrogens is 1. The Morgan fingerprint density at radius 3 is 2.81 bits per heavy atom. The molecule has 0 aromatic heterocycles. The van der Waals surface area contributed by atoms with Crippen molar-refractivity contribution in [3.8, 4) is 5.75 Å². The van der Waals surface area contributed by atoms with Crippen LogP contribution in [0.3, 0.4) is 0 Å². The second-order valence-corrected chi connectivity index (χ2v) is 8.26. The van der Waals surface area contributed by atoms with Gasteiger partial charge in [-0.15, -0.1) is 0 Å². The summed E-state index contributed by atoms with van der Waals surface area (Å²) >= 11 is 1.78. The molecule has 27 heavy (non-hydrogen) atoms. The molecule has 0 atom stereocenters. The smallest absolute Gasteiger partial charge is 0.254 e. The second-order valence-electron chi connectivity index (χ2n) is 7.39. The number of nitrogens with zero attached hydrogens (tertiary/aromatic N) is 1. The zero-order valence-corrected chi connectivity index (χ0v) is 16.7. The van der Waals surface area contributed by atoms with Gasteiger partial charge in [0.2, 0.25) is 0 Å². The summed E-state index contributed by atoms with van der Waals surface area (Å²) in [5.41, 5.74) is 4.76. The number of carbonyl (C=O) groups is 1. The minimum absolute atomic E-state index is 0.173. The van der Waals surface area contributed by atoms with Crippen molar-refractivity contribution in [1.82, 2.24) is 4.90 Å². The molecule has 5 heteroatoms. The van der Waals surface area contributed by atoms with E-state index in [4.69, 9.17) is 4.74 Å². The van der Waals surface area contributed by atoms with Crippen LogP contribution in [0, 0.1) is 0 Å². The number of rotatable bonds is 5. The van der Waals surface area contributed by atoms with Gasteiger partial charge in [0.15, 0.2) is 0 Å². The largest absolute Gasteiger partial charge is 0.493 e. The number of ether oxygens (including phenoxy) is 1. The van der Waals surface area contributed by atoms with Crippen molar-refractivity contribution in [3.05, 3.63) is 64.7 Å². The molecule has 2 aliphatic rings. The average Bonchev–Trinajstić information content (AvgIpc) is 3.16. The highest BCUT2D eigenvalue weighted by Gasteiger charge is 2.25. The fraction of sp³-hybridized carbons (Fsp3) is 0.409. The highest BCUT2D eigenvalue weighted by atomic mass is 32.2. The van der Waals surface area contributed by atoms with E-state index >= 15 is 0 Å². The molecule has 2 aromatic carbocycles. The first kappa shape index (κ1) is 18.4. The first-order valence-electron chi connectivity index (χ1n) is 9.68. The molecular formula is C22H27N2O2S+. The zero-order valence-electron chi connectivity index (χ0n) is 15.9. The van der Waals surface area contributed by atoms with Gasteiger partial charge in [0.05, 0.1) is 32.8 Å². The quantitative estimate of drug-likeness (QED) is 0.858. The Labute approximate surface area is 165 Å². The van der Waals surface area contributed by atoms with Crippen molar-refractivity contribution >= 4 is 17.7 Å². The number of piperazine rings is 1. The van der Waals surface area contributed by atoms with Gasteiger partial charge in [-0.05, 0) is 47.7 Å². The Morgan fingerprint density at radius 2 is 2.00 bits per heavy atom. The van der Waals surface area contributed by atoms with E-state index in [2.05, 4.69) is 30.5 Å². The number of hydrogen-bond acceptors (Lipinski definition) is 3. The number of thioether (sulfide) groups is 1. The number of hydrogen-bond donors (Lipinski definition) is 1. The number of benzene rings is 2. The Hall–Kier alpha value is -1.98. The Morgan fingerprint density at radius 1 is 1.15 bits per heavy atom. The van der Waals surface area contributed by atoms with Crippen LogP contribution in [0.1, 0.15) is 27.0 Å². The van der Waals surface area contributed by atoms with Crippen LogP contribution in [0.4, 0.5) is 0 Å². The third kappa shape index (κ3) is 4.30. The molecule has 0 radical (unpaired) electrons. The number of carbonyl (C=O) groups excluding carboxylic acids is 1. The molecule has 1 fully saturated rings. The Bertz CT molecular complexity index is 816. The van der Waals surface area contributed by atoms with E-state index in [1.165, 1.54) is 16.7 Å². The Balaban J connectivity index is 1.33. The molecule has 2 aliphatic heterocycles. The van der Waals surface area contributed by atoms with Crippen LogP contribution in [0.2, 0.25) is 0 Å². The standard InChI is InChI=1S/C22H26N2O2S/c1-27-16-18-3-2-4-20(14-18)22(25)24-10-8-23(9-11-24)15-17-5-6-21-19(13-17)7-12-26-21/h2-6,13-14H,7-12,15-16H2,1H3/p+1. The molecule has 4 nitrogen and oxygen atoms in total. The minimum Gasteiger partial charge on any atom is -0.493 e. The summed E-state index contributed by atoms with van der Waals surface area (Å²) in [6, 6.07) is 14.7. The average molecular weight is 384 g/mol. The summed E-state index contributed by atoms with van der Waals surface area (Å²) in [5.74, 6) is 2.17. The fourth-order valence-electron chi connectivity index (χ4n) is 3.98. The van der Waals surface area contributed by atoms with Gasteiger partial charge in [-0.2, -0.15) is 11.8 Å². The van der Waals surface area contributed by atoms with Gasteiger partial charge in [0.25, 0.3) is 5.91 Å². The zero-order chi connectivity index (χ0) is 18.6. The maximum absolute atomic E-state index is 12.8. The summed E-state index contributed by atoms with van der Waals surface area (Å²) < 4.78 is 5.60. The molecular weight excluding hydrogens is 356 g/mol. The lowest BCUT2D eigenvalue weighted by molar-refractivity contribution is -0.917. The summed E-state index contributed by atoms with van der Waals surface area (Å²) in [5, 5.41) is 0. The number of fused-ring (bicyclic) bond motifs is 1. The predicted octanol–water partition coefficient (Wildman–Crippen LogP) is 2.03. The molecule has 4 rings (SSSR count). The van der Waals surface area contributed by atoms with Gasteiger partial charge in [0.1, 0.15) is 12.3 Å². The van der Waals surface area contributed by atoms with Crippen LogP contribution in [-0.4, -0.2) is 49.8 Å². The van der Waals surface area contributed by atoms with Crippen LogP contribution >= 0.6 is 11.8 Å². The normalized spacial score (nSPS) is 16.9. The van der Waals surface area contributed by atoms with E-state index in [0.717, 1.165) is 62.8 Å². The minimum atomic E-state index is 0.173. The summed E-state index contributed by atoms with van der Waals surface area (Å²) in [4.78, 5) is 16.4. The topological polar surface area (TPSA) is 34.0 Å².